The lowest BCUT2D eigenvalue weighted by Gasteiger charge is -2.25. The molecule has 0 radical (unpaired) electrons. The first-order chi connectivity index (χ1) is 6.72. The van der Waals surface area contributed by atoms with E-state index in [1.165, 1.54) is 0 Å². The highest BCUT2D eigenvalue weighted by Gasteiger charge is 2.23. The second-order valence-electron chi connectivity index (χ2n) is 3.24. The molecule has 4 heteroatoms. The van der Waals surface area contributed by atoms with E-state index in [0.29, 0.717) is 0 Å². The average molecular weight is 192 g/mol. The summed E-state index contributed by atoms with van der Waals surface area (Å²) in [5.41, 5.74) is 1.62. The van der Waals surface area contributed by atoms with E-state index in [4.69, 9.17) is 4.74 Å². The van der Waals surface area contributed by atoms with Gasteiger partial charge in [-0.3, -0.25) is 4.79 Å². The Balaban J connectivity index is 2.46. The summed E-state index contributed by atoms with van der Waals surface area (Å²) in [6.45, 7) is 1.81. The number of rotatable bonds is 1. The number of methoxy groups -OCH3 is 1. The molecular weight excluding hydrogens is 180 g/mol. The third kappa shape index (κ3) is 1.28. The number of hydrogen-bond acceptors (Lipinski definition) is 3. The van der Waals surface area contributed by atoms with E-state index in [0.717, 1.165) is 17.1 Å². The van der Waals surface area contributed by atoms with Crippen molar-refractivity contribution < 1.29 is 9.53 Å². The van der Waals surface area contributed by atoms with Crippen LogP contribution in [0.15, 0.2) is 18.2 Å². The molecular formula is C10H12N2O2. The van der Waals surface area contributed by atoms with E-state index in [1.54, 1.807) is 7.11 Å². The summed E-state index contributed by atoms with van der Waals surface area (Å²) in [7, 11) is 1.61. The molecule has 2 rings (SSSR count). The second kappa shape index (κ2) is 3.21. The lowest BCUT2D eigenvalue weighted by Crippen LogP contribution is -2.36. The van der Waals surface area contributed by atoms with Crippen molar-refractivity contribution in [2.75, 3.05) is 17.7 Å². The molecule has 1 atom stereocenters. The summed E-state index contributed by atoms with van der Waals surface area (Å²) >= 11 is 0. The molecule has 1 aliphatic heterocycles. The average Bonchev–Trinajstić information content (AvgIpc) is 2.19. The predicted octanol–water partition coefficient (Wildman–Crippen LogP) is 1.45. The minimum atomic E-state index is -0.223. The Morgan fingerprint density at radius 1 is 1.43 bits per heavy atom. The fourth-order valence-electron chi connectivity index (χ4n) is 1.48. The lowest BCUT2D eigenvalue weighted by atomic mass is 10.1. The number of anilines is 2. The molecule has 4 nitrogen and oxygen atoms in total. The minimum absolute atomic E-state index is 0.0225. The van der Waals surface area contributed by atoms with Gasteiger partial charge in [-0.1, -0.05) is 6.07 Å². The van der Waals surface area contributed by atoms with E-state index < -0.39 is 0 Å². The van der Waals surface area contributed by atoms with Crippen molar-refractivity contribution in [2.24, 2.45) is 0 Å². The highest BCUT2D eigenvalue weighted by Crippen LogP contribution is 2.35. The van der Waals surface area contributed by atoms with Crippen molar-refractivity contribution in [3.8, 4) is 5.75 Å². The van der Waals surface area contributed by atoms with Crippen LogP contribution in [0.1, 0.15) is 6.92 Å². The fourth-order valence-corrected chi connectivity index (χ4v) is 1.48. The van der Waals surface area contributed by atoms with Crippen LogP contribution in [0.25, 0.3) is 0 Å². The van der Waals surface area contributed by atoms with Crippen molar-refractivity contribution in [2.45, 2.75) is 13.0 Å². The molecule has 0 bridgehead atoms. The van der Waals surface area contributed by atoms with E-state index >= 15 is 0 Å². The Hall–Kier alpha value is -1.71. The molecule has 1 heterocycles. The molecule has 1 amide bonds. The van der Waals surface area contributed by atoms with Gasteiger partial charge in [0.2, 0.25) is 5.91 Å². The predicted molar refractivity (Wildman–Crippen MR) is 54.7 cm³/mol. The third-order valence-corrected chi connectivity index (χ3v) is 2.26. The number of amides is 1. The monoisotopic (exact) mass is 192 g/mol. The number of nitrogens with one attached hydrogen (secondary N) is 2. The summed E-state index contributed by atoms with van der Waals surface area (Å²) < 4.78 is 5.18. The Morgan fingerprint density at radius 3 is 2.93 bits per heavy atom. The Morgan fingerprint density at radius 2 is 2.21 bits per heavy atom. The van der Waals surface area contributed by atoms with Gasteiger partial charge in [-0.05, 0) is 19.1 Å². The smallest absolute Gasteiger partial charge is 0.246 e. The summed E-state index contributed by atoms with van der Waals surface area (Å²) in [5.74, 6) is 0.722. The summed E-state index contributed by atoms with van der Waals surface area (Å²) in [5, 5.41) is 5.90. The van der Waals surface area contributed by atoms with Gasteiger partial charge in [0.1, 0.15) is 17.5 Å². The molecule has 1 aliphatic rings. The van der Waals surface area contributed by atoms with Gasteiger partial charge in [-0.25, -0.2) is 0 Å². The van der Waals surface area contributed by atoms with Crippen molar-refractivity contribution in [3.05, 3.63) is 18.2 Å². The molecule has 0 aliphatic carbocycles. The van der Waals surface area contributed by atoms with E-state index in [9.17, 15) is 4.79 Å². The Kier molecular flexibility index (Phi) is 2.04. The number of benzene rings is 1. The maximum absolute atomic E-state index is 11.3. The summed E-state index contributed by atoms with van der Waals surface area (Å²) in [6, 6.07) is 5.32. The van der Waals surface area contributed by atoms with Gasteiger partial charge in [0.15, 0.2) is 0 Å². The molecule has 74 valence electrons. The topological polar surface area (TPSA) is 50.4 Å². The van der Waals surface area contributed by atoms with Crippen LogP contribution >= 0.6 is 0 Å². The lowest BCUT2D eigenvalue weighted by molar-refractivity contribution is -0.116. The summed E-state index contributed by atoms with van der Waals surface area (Å²) in [6.07, 6.45) is 0. The van der Waals surface area contributed by atoms with Gasteiger partial charge in [0.25, 0.3) is 0 Å². The highest BCUT2D eigenvalue weighted by atomic mass is 16.5. The second-order valence-corrected chi connectivity index (χ2v) is 3.24. The first-order valence-electron chi connectivity index (χ1n) is 4.47. The summed E-state index contributed by atoms with van der Waals surface area (Å²) in [4.78, 5) is 11.3. The van der Waals surface area contributed by atoms with Crippen molar-refractivity contribution in [3.63, 3.8) is 0 Å². The van der Waals surface area contributed by atoms with Crippen LogP contribution in [0.2, 0.25) is 0 Å². The van der Waals surface area contributed by atoms with Crippen LogP contribution in [0.3, 0.4) is 0 Å². The molecule has 1 aromatic rings. The molecule has 0 aromatic heterocycles. The van der Waals surface area contributed by atoms with Crippen LogP contribution in [0.5, 0.6) is 5.75 Å². The van der Waals surface area contributed by atoms with Gasteiger partial charge >= 0.3 is 0 Å². The van der Waals surface area contributed by atoms with Gasteiger partial charge in [-0.2, -0.15) is 0 Å². The van der Waals surface area contributed by atoms with Crippen LogP contribution < -0.4 is 15.4 Å². The molecule has 0 spiro atoms. The van der Waals surface area contributed by atoms with E-state index in [2.05, 4.69) is 10.6 Å². The standard InChI is InChI=1S/C10H12N2O2/c1-6-10(13)12-7-4-3-5-8(14-2)9(7)11-6/h3-6,11H,1-2H3,(H,12,13)/t6-/m0/s1. The highest BCUT2D eigenvalue weighted by molar-refractivity contribution is 6.03. The number of carbonyl (C=O) groups excluding carboxylic acids is 1. The molecule has 0 unspecified atom stereocenters. The number of para-hydroxylation sites is 1. The van der Waals surface area contributed by atoms with Crippen molar-refractivity contribution in [1.29, 1.82) is 0 Å². The minimum Gasteiger partial charge on any atom is -0.495 e. The van der Waals surface area contributed by atoms with Crippen LogP contribution in [0.4, 0.5) is 11.4 Å². The number of hydrogen-bond donors (Lipinski definition) is 2. The van der Waals surface area contributed by atoms with Crippen molar-refractivity contribution >= 4 is 17.3 Å². The molecule has 14 heavy (non-hydrogen) atoms. The zero-order chi connectivity index (χ0) is 10.1. The quantitative estimate of drug-likeness (QED) is 0.708. The molecule has 0 saturated carbocycles. The molecule has 2 N–H and O–H groups in total. The fraction of sp³-hybridized carbons (Fsp3) is 0.300. The largest absolute Gasteiger partial charge is 0.495 e. The molecule has 1 aromatic carbocycles. The van der Waals surface area contributed by atoms with Gasteiger partial charge in [-0.15, -0.1) is 0 Å². The first kappa shape index (κ1) is 8.87. The number of fused-ring (bicyclic) bond motifs is 1. The SMILES string of the molecule is COc1cccc2c1N[C@@H](C)C(=O)N2. The molecule has 0 saturated heterocycles. The maximum atomic E-state index is 11.3. The zero-order valence-electron chi connectivity index (χ0n) is 8.13. The third-order valence-electron chi connectivity index (χ3n) is 2.26. The van der Waals surface area contributed by atoms with Crippen LogP contribution in [0, 0.1) is 0 Å². The number of carbonyl (C=O) groups is 1. The normalized spacial score (nSPS) is 19.3. The van der Waals surface area contributed by atoms with Crippen molar-refractivity contribution in [1.82, 2.24) is 0 Å². The van der Waals surface area contributed by atoms with Gasteiger partial charge in [0, 0.05) is 0 Å². The zero-order valence-corrected chi connectivity index (χ0v) is 8.13. The van der Waals surface area contributed by atoms with E-state index in [-0.39, 0.29) is 11.9 Å². The van der Waals surface area contributed by atoms with E-state index in [1.807, 2.05) is 25.1 Å². The number of ether oxygens (including phenoxy) is 1. The molecule has 0 fully saturated rings. The van der Waals surface area contributed by atoms with Crippen LogP contribution in [-0.4, -0.2) is 19.1 Å². The Bertz CT molecular complexity index is 376. The Labute approximate surface area is 82.3 Å². The van der Waals surface area contributed by atoms with Gasteiger partial charge in [0.05, 0.1) is 12.8 Å². The maximum Gasteiger partial charge on any atom is 0.246 e. The van der Waals surface area contributed by atoms with Crippen LogP contribution in [-0.2, 0) is 4.79 Å². The first-order valence-corrected chi connectivity index (χ1v) is 4.47. The van der Waals surface area contributed by atoms with Gasteiger partial charge < -0.3 is 15.4 Å².